The summed E-state index contributed by atoms with van der Waals surface area (Å²) in [5.41, 5.74) is 3.49. The molecule has 0 saturated carbocycles. The summed E-state index contributed by atoms with van der Waals surface area (Å²) in [7, 11) is 0. The zero-order valence-electron chi connectivity index (χ0n) is 25.1. The van der Waals surface area contributed by atoms with Gasteiger partial charge < -0.3 is 20.3 Å². The first-order valence-corrected chi connectivity index (χ1v) is 15.3. The van der Waals surface area contributed by atoms with Crippen molar-refractivity contribution in [3.63, 3.8) is 0 Å². The minimum absolute atomic E-state index is 0.0382. The average Bonchev–Trinajstić information content (AvgIpc) is 3.43. The molecule has 2 saturated heterocycles. The SMILES string of the molecule is CC(=O)NC1CCN(Cc2ccc(CN(CCCN3CCOCC3)C(=O)N[C@@H](C)c3cccc4ccccc34)cc2)C1. The molecule has 2 N–H and O–H groups in total. The maximum atomic E-state index is 13.7. The Bertz CT molecular complexity index is 1320. The molecule has 2 aliphatic rings. The lowest BCUT2D eigenvalue weighted by Crippen LogP contribution is -2.43. The maximum Gasteiger partial charge on any atom is 0.318 e. The van der Waals surface area contributed by atoms with E-state index in [1.54, 1.807) is 6.92 Å². The number of fused-ring (bicyclic) bond motifs is 1. The third kappa shape index (κ3) is 8.31. The van der Waals surface area contributed by atoms with Crippen LogP contribution < -0.4 is 10.6 Å². The van der Waals surface area contributed by atoms with Gasteiger partial charge in [0.05, 0.1) is 19.3 Å². The van der Waals surface area contributed by atoms with Gasteiger partial charge in [-0.15, -0.1) is 0 Å². The van der Waals surface area contributed by atoms with Crippen LogP contribution >= 0.6 is 0 Å². The first-order valence-electron chi connectivity index (χ1n) is 15.3. The van der Waals surface area contributed by atoms with Crippen molar-refractivity contribution in [3.8, 4) is 0 Å². The number of ether oxygens (including phenoxy) is 1. The van der Waals surface area contributed by atoms with Gasteiger partial charge in [-0.1, -0.05) is 66.7 Å². The second kappa shape index (κ2) is 14.6. The van der Waals surface area contributed by atoms with Crippen LogP contribution in [0.5, 0.6) is 0 Å². The van der Waals surface area contributed by atoms with Crippen molar-refractivity contribution >= 4 is 22.7 Å². The monoisotopic (exact) mass is 571 g/mol. The van der Waals surface area contributed by atoms with Crippen molar-refractivity contribution in [3.05, 3.63) is 83.4 Å². The van der Waals surface area contributed by atoms with Crippen LogP contribution in [0, 0.1) is 0 Å². The highest BCUT2D eigenvalue weighted by atomic mass is 16.5. The minimum atomic E-state index is -0.116. The Kier molecular flexibility index (Phi) is 10.5. The van der Waals surface area contributed by atoms with Gasteiger partial charge in [0.25, 0.3) is 0 Å². The maximum absolute atomic E-state index is 13.7. The lowest BCUT2D eigenvalue weighted by molar-refractivity contribution is -0.119. The van der Waals surface area contributed by atoms with Gasteiger partial charge in [-0.3, -0.25) is 14.6 Å². The van der Waals surface area contributed by atoms with Crippen LogP contribution in [0.3, 0.4) is 0 Å². The van der Waals surface area contributed by atoms with Crippen molar-refractivity contribution in [1.29, 1.82) is 0 Å². The zero-order chi connectivity index (χ0) is 29.3. The fourth-order valence-electron chi connectivity index (χ4n) is 6.15. The van der Waals surface area contributed by atoms with Gasteiger partial charge >= 0.3 is 6.03 Å². The summed E-state index contributed by atoms with van der Waals surface area (Å²) in [5.74, 6) is 0.0382. The molecule has 0 spiro atoms. The molecule has 0 aromatic heterocycles. The van der Waals surface area contributed by atoms with E-state index in [2.05, 4.69) is 82.0 Å². The number of urea groups is 1. The van der Waals surface area contributed by atoms with Gasteiger partial charge in [0.15, 0.2) is 0 Å². The second-order valence-corrected chi connectivity index (χ2v) is 11.7. The predicted octanol–water partition coefficient (Wildman–Crippen LogP) is 4.55. The molecule has 2 atom stereocenters. The Hall–Kier alpha value is -3.46. The van der Waals surface area contributed by atoms with E-state index in [9.17, 15) is 9.59 Å². The van der Waals surface area contributed by atoms with Gasteiger partial charge in [0.1, 0.15) is 0 Å². The summed E-state index contributed by atoms with van der Waals surface area (Å²) in [6.07, 6.45) is 1.90. The molecular formula is C34H45N5O3. The number of benzene rings is 3. The van der Waals surface area contributed by atoms with Crippen LogP contribution in [-0.4, -0.2) is 85.2 Å². The number of morpholine rings is 1. The number of hydrogen-bond acceptors (Lipinski definition) is 5. The van der Waals surface area contributed by atoms with E-state index >= 15 is 0 Å². The molecule has 0 bridgehead atoms. The molecule has 1 unspecified atom stereocenters. The largest absolute Gasteiger partial charge is 0.379 e. The van der Waals surface area contributed by atoms with Crippen LogP contribution in [0.1, 0.15) is 49.4 Å². The summed E-state index contributed by atoms with van der Waals surface area (Å²) in [5, 5.41) is 8.68. The van der Waals surface area contributed by atoms with Crippen LogP contribution in [-0.2, 0) is 22.6 Å². The first-order chi connectivity index (χ1) is 20.4. The molecule has 3 aromatic rings. The molecule has 3 amide bonds. The van der Waals surface area contributed by atoms with Crippen molar-refractivity contribution in [1.82, 2.24) is 25.3 Å². The number of likely N-dealkylation sites (tertiary alicyclic amines) is 1. The zero-order valence-corrected chi connectivity index (χ0v) is 25.1. The van der Waals surface area contributed by atoms with E-state index in [-0.39, 0.29) is 24.0 Å². The molecule has 0 radical (unpaired) electrons. The number of nitrogens with zero attached hydrogens (tertiary/aromatic N) is 3. The van der Waals surface area contributed by atoms with E-state index in [0.717, 1.165) is 76.5 Å². The van der Waals surface area contributed by atoms with Crippen molar-refractivity contribution < 1.29 is 14.3 Å². The molecule has 2 fully saturated rings. The minimum Gasteiger partial charge on any atom is -0.379 e. The van der Waals surface area contributed by atoms with E-state index < -0.39 is 0 Å². The van der Waals surface area contributed by atoms with Gasteiger partial charge in [0, 0.05) is 65.3 Å². The number of nitrogens with one attached hydrogen (secondary N) is 2. The Morgan fingerprint density at radius 1 is 0.952 bits per heavy atom. The van der Waals surface area contributed by atoms with Crippen molar-refractivity contribution in [2.75, 3.05) is 52.5 Å². The Labute approximate surface area is 250 Å². The normalized spacial score (nSPS) is 18.6. The Balaban J connectivity index is 1.22. The van der Waals surface area contributed by atoms with E-state index in [1.165, 1.54) is 16.3 Å². The highest BCUT2D eigenvalue weighted by Gasteiger charge is 2.23. The molecule has 8 heteroatoms. The fourth-order valence-corrected chi connectivity index (χ4v) is 6.15. The molecule has 2 aliphatic heterocycles. The van der Waals surface area contributed by atoms with Crippen LogP contribution in [0.15, 0.2) is 66.7 Å². The molecule has 5 rings (SSSR count). The van der Waals surface area contributed by atoms with Gasteiger partial charge in [-0.05, 0) is 47.2 Å². The highest BCUT2D eigenvalue weighted by Crippen LogP contribution is 2.24. The topological polar surface area (TPSA) is 77.2 Å². The second-order valence-electron chi connectivity index (χ2n) is 11.7. The summed E-state index contributed by atoms with van der Waals surface area (Å²) < 4.78 is 5.50. The molecule has 224 valence electrons. The Morgan fingerprint density at radius 3 is 2.48 bits per heavy atom. The van der Waals surface area contributed by atoms with Gasteiger partial charge in [-0.2, -0.15) is 0 Å². The van der Waals surface area contributed by atoms with E-state index in [1.807, 2.05) is 17.0 Å². The first kappa shape index (κ1) is 30.0. The molecule has 2 heterocycles. The number of carbonyl (C=O) groups is 2. The predicted molar refractivity (Wildman–Crippen MR) is 167 cm³/mol. The van der Waals surface area contributed by atoms with Gasteiger partial charge in [-0.25, -0.2) is 4.79 Å². The van der Waals surface area contributed by atoms with Crippen molar-refractivity contribution in [2.24, 2.45) is 0 Å². The number of rotatable bonds is 11. The highest BCUT2D eigenvalue weighted by molar-refractivity contribution is 5.86. The van der Waals surface area contributed by atoms with Crippen molar-refractivity contribution in [2.45, 2.75) is 51.9 Å². The lowest BCUT2D eigenvalue weighted by Gasteiger charge is -2.29. The standard InChI is InChI=1S/C34H45N5O3/c1-26(32-10-5-8-30-7-3-4-9-33(30)32)35-34(41)39(17-6-16-37-19-21-42-22-20-37)24-29-13-11-28(12-14-29)23-38-18-15-31(25-38)36-27(2)40/h3-5,7-14,26,31H,6,15-25H2,1-2H3,(H,35,41)(H,36,40)/t26-,31?/m0/s1. The molecule has 42 heavy (non-hydrogen) atoms. The van der Waals surface area contributed by atoms with Gasteiger partial charge in [0.2, 0.25) is 5.91 Å². The van der Waals surface area contributed by atoms with E-state index in [4.69, 9.17) is 4.74 Å². The van der Waals surface area contributed by atoms with Crippen LogP contribution in [0.25, 0.3) is 10.8 Å². The average molecular weight is 572 g/mol. The molecule has 0 aliphatic carbocycles. The Morgan fingerprint density at radius 2 is 1.69 bits per heavy atom. The summed E-state index contributed by atoms with van der Waals surface area (Å²) in [6.45, 7) is 12.1. The number of carbonyl (C=O) groups excluding carboxylic acids is 2. The fraction of sp³-hybridized carbons (Fsp3) is 0.471. The summed E-state index contributed by atoms with van der Waals surface area (Å²) in [4.78, 5) is 31.9. The van der Waals surface area contributed by atoms with E-state index in [0.29, 0.717) is 13.1 Å². The third-order valence-corrected chi connectivity index (χ3v) is 8.41. The molecular weight excluding hydrogens is 526 g/mol. The lowest BCUT2D eigenvalue weighted by atomic mass is 10.00. The third-order valence-electron chi connectivity index (χ3n) is 8.41. The number of amides is 3. The molecule has 3 aromatic carbocycles. The number of hydrogen-bond donors (Lipinski definition) is 2. The van der Waals surface area contributed by atoms with Crippen LogP contribution in [0.4, 0.5) is 4.79 Å². The quantitative estimate of drug-likeness (QED) is 0.353. The summed E-state index contributed by atoms with van der Waals surface area (Å²) in [6, 6.07) is 23.3. The summed E-state index contributed by atoms with van der Waals surface area (Å²) >= 11 is 0. The smallest absolute Gasteiger partial charge is 0.318 e. The van der Waals surface area contributed by atoms with Crippen LogP contribution in [0.2, 0.25) is 0 Å². The molecule has 8 nitrogen and oxygen atoms in total.